The largest absolute Gasteiger partial charge is 0.497 e. The zero-order valence-electron chi connectivity index (χ0n) is 23.2. The number of hydrogen-bond donors (Lipinski definition) is 4. The number of hydrogen-bond acceptors (Lipinski definition) is 10. The molecular formula is C26H39N7O5. The number of methoxy groups -OCH3 is 1. The van der Waals surface area contributed by atoms with Crippen LogP contribution >= 0.6 is 0 Å². The molecule has 12 nitrogen and oxygen atoms in total. The molecule has 2 atom stereocenters. The molecule has 2 amide bonds. The molecule has 0 saturated heterocycles. The molecule has 1 aromatic heterocycles. The normalized spacial score (nSPS) is 17.8. The van der Waals surface area contributed by atoms with E-state index in [9.17, 15) is 9.59 Å². The minimum absolute atomic E-state index is 0.0547. The Bertz CT molecular complexity index is 1150. The van der Waals surface area contributed by atoms with Gasteiger partial charge in [-0.1, -0.05) is 12.8 Å². The summed E-state index contributed by atoms with van der Waals surface area (Å²) in [6, 6.07) is 5.01. The van der Waals surface area contributed by atoms with Gasteiger partial charge in [-0.25, -0.2) is 19.6 Å². The molecule has 5 N–H and O–H groups in total. The van der Waals surface area contributed by atoms with Gasteiger partial charge in [0.25, 0.3) is 0 Å². The van der Waals surface area contributed by atoms with Crippen LogP contribution in [-0.4, -0.2) is 58.5 Å². The molecule has 208 valence electrons. The zero-order valence-corrected chi connectivity index (χ0v) is 23.2. The summed E-state index contributed by atoms with van der Waals surface area (Å²) in [4.78, 5) is 38.5. The Labute approximate surface area is 223 Å². The van der Waals surface area contributed by atoms with Gasteiger partial charge < -0.3 is 25.3 Å². The number of ether oxygens (including phenoxy) is 3. The number of benzene rings is 1. The molecule has 0 unspecified atom stereocenters. The third kappa shape index (κ3) is 8.63. The first-order valence-corrected chi connectivity index (χ1v) is 12.7. The van der Waals surface area contributed by atoms with Crippen molar-refractivity contribution in [3.8, 4) is 5.75 Å². The highest BCUT2D eigenvalue weighted by Crippen LogP contribution is 2.30. The molecule has 1 saturated carbocycles. The molecule has 0 radical (unpaired) electrons. The van der Waals surface area contributed by atoms with Crippen molar-refractivity contribution in [1.82, 2.24) is 20.6 Å². The summed E-state index contributed by atoms with van der Waals surface area (Å²) >= 11 is 0. The molecule has 38 heavy (non-hydrogen) atoms. The fourth-order valence-electron chi connectivity index (χ4n) is 4.03. The van der Waals surface area contributed by atoms with Gasteiger partial charge in [-0.05, 0) is 72.6 Å². The van der Waals surface area contributed by atoms with Gasteiger partial charge in [0.2, 0.25) is 11.9 Å². The summed E-state index contributed by atoms with van der Waals surface area (Å²) in [5.74, 6) is 1.30. The maximum absolute atomic E-state index is 12.5. The van der Waals surface area contributed by atoms with Crippen LogP contribution in [0.2, 0.25) is 0 Å². The van der Waals surface area contributed by atoms with E-state index >= 15 is 0 Å². The Kier molecular flexibility index (Phi) is 8.85. The highest BCUT2D eigenvalue weighted by Gasteiger charge is 2.28. The van der Waals surface area contributed by atoms with Gasteiger partial charge in [-0.2, -0.15) is 4.98 Å². The average molecular weight is 530 g/mol. The molecule has 1 aliphatic rings. The van der Waals surface area contributed by atoms with Crippen LogP contribution in [0.15, 0.2) is 23.2 Å². The van der Waals surface area contributed by atoms with Crippen LogP contribution in [0, 0.1) is 0 Å². The quantitative estimate of drug-likeness (QED) is 0.333. The van der Waals surface area contributed by atoms with Crippen LogP contribution in [0.25, 0.3) is 10.9 Å². The number of nitrogen functional groups attached to an aromatic ring is 1. The summed E-state index contributed by atoms with van der Waals surface area (Å²) in [6.07, 6.45) is 1.92. The number of aromatic nitrogens is 2. The Hall–Kier alpha value is -3.83. The molecule has 1 fully saturated rings. The van der Waals surface area contributed by atoms with E-state index in [1.807, 2.05) is 18.2 Å². The molecule has 0 spiro atoms. The number of alkyl carbamates (subject to hydrolysis) is 2. The zero-order chi connectivity index (χ0) is 28.1. The molecule has 1 heterocycles. The van der Waals surface area contributed by atoms with E-state index in [0.29, 0.717) is 17.1 Å². The predicted molar refractivity (Wildman–Crippen MR) is 146 cm³/mol. The molecule has 1 aliphatic carbocycles. The second-order valence-electron chi connectivity index (χ2n) is 11.1. The Morgan fingerprint density at radius 3 is 2.16 bits per heavy atom. The summed E-state index contributed by atoms with van der Waals surface area (Å²) in [5.41, 5.74) is 5.20. The van der Waals surface area contributed by atoms with Crippen molar-refractivity contribution in [3.05, 3.63) is 18.2 Å². The van der Waals surface area contributed by atoms with Gasteiger partial charge in [0.1, 0.15) is 22.8 Å². The third-order valence-electron chi connectivity index (χ3n) is 5.51. The standard InChI is InChI=1S/C26H39N7O5/c1-25(2,3)37-23(34)32-22(33-24(35)38-26(4,5)6)30-19-11-9-8-10-18(19)28-20-16-14-15(36-7)12-13-17(16)29-21(27)31-20/h12-14,18-19H,8-11H2,1-7H3,(H3,27,28,29,31)(H2,30,32,33,34,35)/t18-,19+/m0/s1. The number of rotatable bonds is 4. The summed E-state index contributed by atoms with van der Waals surface area (Å²) in [7, 11) is 1.59. The van der Waals surface area contributed by atoms with Crippen LogP contribution in [0.1, 0.15) is 67.2 Å². The lowest BCUT2D eigenvalue weighted by atomic mass is 9.90. The smallest absolute Gasteiger partial charge is 0.414 e. The highest BCUT2D eigenvalue weighted by molar-refractivity contribution is 6.01. The fraction of sp³-hybridized carbons (Fsp3) is 0.577. The minimum atomic E-state index is -0.741. The van der Waals surface area contributed by atoms with Crippen molar-refractivity contribution in [1.29, 1.82) is 0 Å². The van der Waals surface area contributed by atoms with Crippen molar-refractivity contribution in [2.24, 2.45) is 4.99 Å². The van der Waals surface area contributed by atoms with Crippen LogP contribution in [0.5, 0.6) is 5.75 Å². The summed E-state index contributed by atoms with van der Waals surface area (Å²) in [5, 5.41) is 9.35. The van der Waals surface area contributed by atoms with Gasteiger partial charge in [0, 0.05) is 5.39 Å². The maximum Gasteiger partial charge on any atom is 0.414 e. The second-order valence-corrected chi connectivity index (χ2v) is 11.1. The number of guanidine groups is 1. The SMILES string of the molecule is COc1ccc2nc(N)nc(N[C@H]3CCCC[C@H]3N=C(NC(=O)OC(C)(C)C)NC(=O)OC(C)(C)C)c2c1. The molecule has 1 aromatic carbocycles. The van der Waals surface area contributed by atoms with E-state index in [1.165, 1.54) is 0 Å². The molecular weight excluding hydrogens is 490 g/mol. The van der Waals surface area contributed by atoms with E-state index in [1.54, 1.807) is 48.7 Å². The maximum atomic E-state index is 12.5. The van der Waals surface area contributed by atoms with Gasteiger partial charge in [-0.15, -0.1) is 0 Å². The second kappa shape index (κ2) is 11.7. The van der Waals surface area contributed by atoms with Crippen LogP contribution < -0.4 is 26.4 Å². The number of nitrogens with two attached hydrogens (primary N) is 1. The molecule has 3 rings (SSSR count). The summed E-state index contributed by atoms with van der Waals surface area (Å²) < 4.78 is 16.1. The van der Waals surface area contributed by atoms with Crippen molar-refractivity contribution < 1.29 is 23.8 Å². The first kappa shape index (κ1) is 28.7. The first-order chi connectivity index (χ1) is 17.7. The third-order valence-corrected chi connectivity index (χ3v) is 5.51. The number of amides is 2. The number of carbonyl (C=O) groups is 2. The number of nitrogens with one attached hydrogen (secondary N) is 3. The highest BCUT2D eigenvalue weighted by atomic mass is 16.6. The molecule has 0 bridgehead atoms. The Balaban J connectivity index is 1.90. The van der Waals surface area contributed by atoms with E-state index in [2.05, 4.69) is 25.9 Å². The molecule has 2 aromatic rings. The van der Waals surface area contributed by atoms with Gasteiger partial charge in [-0.3, -0.25) is 10.6 Å². The van der Waals surface area contributed by atoms with Crippen molar-refractivity contribution >= 4 is 40.8 Å². The van der Waals surface area contributed by atoms with Crippen molar-refractivity contribution in [2.75, 3.05) is 18.2 Å². The fourth-order valence-corrected chi connectivity index (χ4v) is 4.03. The van der Waals surface area contributed by atoms with Crippen molar-refractivity contribution in [3.63, 3.8) is 0 Å². The van der Waals surface area contributed by atoms with E-state index < -0.39 is 23.4 Å². The lowest BCUT2D eigenvalue weighted by molar-refractivity contribution is 0.0544. The monoisotopic (exact) mass is 529 g/mol. The lowest BCUT2D eigenvalue weighted by Gasteiger charge is -2.31. The number of nitrogens with zero attached hydrogens (tertiary/aromatic N) is 3. The van der Waals surface area contributed by atoms with E-state index in [-0.39, 0.29) is 24.0 Å². The molecule has 12 heteroatoms. The molecule has 0 aliphatic heterocycles. The predicted octanol–water partition coefficient (Wildman–Crippen LogP) is 4.35. The van der Waals surface area contributed by atoms with E-state index in [4.69, 9.17) is 24.9 Å². The topological polar surface area (TPSA) is 162 Å². The first-order valence-electron chi connectivity index (χ1n) is 12.7. The van der Waals surface area contributed by atoms with Crippen LogP contribution in [0.4, 0.5) is 21.4 Å². The van der Waals surface area contributed by atoms with Crippen LogP contribution in [0.3, 0.4) is 0 Å². The van der Waals surface area contributed by atoms with Crippen molar-refractivity contribution in [2.45, 2.75) is 90.5 Å². The van der Waals surface area contributed by atoms with E-state index in [0.717, 1.165) is 31.1 Å². The summed E-state index contributed by atoms with van der Waals surface area (Å²) in [6.45, 7) is 10.5. The number of anilines is 2. The van der Waals surface area contributed by atoms with Gasteiger partial charge in [0.15, 0.2) is 0 Å². The number of fused-ring (bicyclic) bond motifs is 1. The Morgan fingerprint density at radius 1 is 0.974 bits per heavy atom. The average Bonchev–Trinajstić information content (AvgIpc) is 2.77. The number of aliphatic imine (C=N–C) groups is 1. The lowest BCUT2D eigenvalue weighted by Crippen LogP contribution is -2.49. The van der Waals surface area contributed by atoms with Crippen LogP contribution in [-0.2, 0) is 9.47 Å². The minimum Gasteiger partial charge on any atom is -0.497 e. The number of carbonyl (C=O) groups excluding carboxylic acids is 2. The van der Waals surface area contributed by atoms with Gasteiger partial charge in [0.05, 0.1) is 24.7 Å². The Morgan fingerprint density at radius 2 is 1.58 bits per heavy atom. The van der Waals surface area contributed by atoms with Gasteiger partial charge >= 0.3 is 12.2 Å².